The number of nitrogens with zero attached hydrogens (tertiary/aromatic N) is 4. The predicted octanol–water partition coefficient (Wildman–Crippen LogP) is 12.6. The molecule has 4 aliphatic heterocycles. The van der Waals surface area contributed by atoms with E-state index >= 15 is 0 Å². The predicted molar refractivity (Wildman–Crippen MR) is 380 cm³/mol. The maximum atomic E-state index is 13.5. The topological polar surface area (TPSA) is 223 Å². The molecule has 23 heteroatoms. The molecule has 8 amide bonds. The molecule has 0 radical (unpaired) electrons. The summed E-state index contributed by atoms with van der Waals surface area (Å²) < 4.78 is 43.2. The summed E-state index contributed by atoms with van der Waals surface area (Å²) in [6.07, 6.45) is 24.1. The Morgan fingerprint density at radius 3 is 0.903 bits per heavy atom. The first-order valence-electron chi connectivity index (χ1n) is 36.2. The highest BCUT2D eigenvalue weighted by Gasteiger charge is 2.73. The number of carbonyl (C=O) groups excluding carboxylic acids is 8. The monoisotopic (exact) mass is 1460 g/mol. The number of imide groups is 4. The van der Waals surface area contributed by atoms with E-state index in [2.05, 4.69) is 48.6 Å². The number of rotatable bonds is 14. The lowest BCUT2D eigenvalue weighted by Gasteiger charge is -2.36. The number of fused-ring (bicyclic) bond motifs is 34. The second-order valence-corrected chi connectivity index (χ2v) is 31.7. The Balaban J connectivity index is 0.000000102. The second-order valence-electron chi connectivity index (χ2n) is 30.5. The Labute approximate surface area is 611 Å². The number of methoxy groups -OCH3 is 6. The highest BCUT2D eigenvalue weighted by Crippen LogP contribution is 2.72. The van der Waals surface area contributed by atoms with Crippen molar-refractivity contribution in [3.05, 3.63) is 118 Å². The van der Waals surface area contributed by atoms with Crippen LogP contribution < -0.4 is 57.5 Å². The van der Waals surface area contributed by atoms with Gasteiger partial charge in [0.25, 0.3) is 0 Å². The molecule has 0 aromatic heterocycles. The van der Waals surface area contributed by atoms with Crippen LogP contribution in [0.3, 0.4) is 0 Å². The Kier molecular flexibility index (Phi) is 16.8. The lowest BCUT2D eigenvalue weighted by atomic mass is 9.65. The van der Waals surface area contributed by atoms with Gasteiger partial charge in [0.15, 0.2) is 0 Å². The zero-order valence-electron chi connectivity index (χ0n) is 58.3. The molecule has 4 saturated heterocycles. The molecule has 24 unspecified atom stereocenters. The summed E-state index contributed by atoms with van der Waals surface area (Å²) >= 11 is 18.7. The van der Waals surface area contributed by atoms with Gasteiger partial charge < -0.3 is 37.9 Å². The maximum absolute atomic E-state index is 13.5. The van der Waals surface area contributed by atoms with Crippen molar-refractivity contribution in [3.63, 3.8) is 0 Å². The molecule has 20 nitrogen and oxygen atoms in total. The van der Waals surface area contributed by atoms with Crippen molar-refractivity contribution < 1.29 is 76.3 Å². The lowest BCUT2D eigenvalue weighted by Crippen LogP contribution is -2.38. The summed E-state index contributed by atoms with van der Waals surface area (Å²) in [4.78, 5) is 111. The number of halogens is 3. The van der Waals surface area contributed by atoms with Gasteiger partial charge in [-0.05, 0) is 171 Å². The SMILES string of the molecule is CCOc1ccc(OCC)c(N2C(=O)C3C4C=CC(C4)C3C2=O)c1.COc1cc(N2C(=O)C3C4CC(C3C2=O)C2C3C=CC(C3)C42)c(OC)cc1Cl.COc1cc(OC)c(N2C(=O)C3C4C=CC(C4)C3C2=O)cc1Cl.COc1cc(OC)c(N2C(=O)C3C4CC(C3C2=O)C2C3C=CC(C3)C42)cc1Cl. The fourth-order valence-electron chi connectivity index (χ4n) is 23.3. The molecule has 12 aliphatic carbocycles. The third kappa shape index (κ3) is 9.85. The van der Waals surface area contributed by atoms with Crippen molar-refractivity contribution in [1.29, 1.82) is 0 Å². The van der Waals surface area contributed by atoms with Crippen molar-refractivity contribution in [2.24, 2.45) is 142 Å². The third-order valence-corrected chi connectivity index (χ3v) is 27.6. The van der Waals surface area contributed by atoms with Gasteiger partial charge in [-0.25, -0.2) is 19.6 Å². The molecule has 4 aromatic rings. The summed E-state index contributed by atoms with van der Waals surface area (Å²) in [6.45, 7) is 4.77. The van der Waals surface area contributed by atoms with Crippen LogP contribution in [-0.4, -0.2) is 103 Å². The third-order valence-electron chi connectivity index (χ3n) is 26.7. The number of amides is 8. The van der Waals surface area contributed by atoms with E-state index in [0.717, 1.165) is 25.7 Å². The Bertz CT molecular complexity index is 4310. The fraction of sp³-hybridized carbons (Fsp3) is 0.500. The minimum Gasteiger partial charge on any atom is -0.495 e. The van der Waals surface area contributed by atoms with E-state index in [9.17, 15) is 38.4 Å². The molecular formula is C80H81Cl3N4O16. The van der Waals surface area contributed by atoms with E-state index in [1.165, 1.54) is 75.1 Å². The molecule has 4 heterocycles. The molecule has 8 saturated carbocycles. The summed E-state index contributed by atoms with van der Waals surface area (Å²) in [7, 11) is 9.07. The van der Waals surface area contributed by atoms with E-state index < -0.39 is 0 Å². The number of hydrogen-bond acceptors (Lipinski definition) is 16. The molecular weight excluding hydrogens is 1380 g/mol. The van der Waals surface area contributed by atoms with Gasteiger partial charge in [0, 0.05) is 30.3 Å². The molecule has 12 bridgehead atoms. The minimum absolute atomic E-state index is 0.0737. The largest absolute Gasteiger partial charge is 0.495 e. The van der Waals surface area contributed by atoms with Crippen LogP contribution in [0, 0.1) is 142 Å². The summed E-state index contributed by atoms with van der Waals surface area (Å²) in [5.74, 6) is 8.12. The van der Waals surface area contributed by atoms with E-state index in [4.69, 9.17) is 72.7 Å². The average molecular weight is 1460 g/mol. The highest BCUT2D eigenvalue weighted by atomic mass is 35.5. The van der Waals surface area contributed by atoms with Gasteiger partial charge >= 0.3 is 0 Å². The van der Waals surface area contributed by atoms with Crippen LogP contribution in [0.1, 0.15) is 52.4 Å². The minimum atomic E-state index is -0.247. The standard InChI is InChI=1S/2C22H22ClNO4.C19H21NO4.C17H16ClNO4/c1-27-15-8-14(16(28-2)7-13(15)23)24-21(25)19-11-6-12(20(19)22(24)26)18-10-4-3-9(5-10)17(11)18;1-27-15-8-16(28-2)14(7-13(15)23)24-21(25)19-11-6-12(20(19)22(24)26)18-10-4-3-9(5-10)17(11)18;1-3-23-13-7-8-15(24-4-2)14(10-13)20-18(21)16-11-5-6-12(9-11)17(16)19(20)22;1-22-12-7-13(23-2)11(6-10(12)18)19-16(20)14-8-3-4-9(5-8)15(14)17(19)21/h2*3-4,7-12,17-20H,5-6H2,1-2H3;5-8,10-12,16-17H,3-4,9H2,1-2H3;3-4,6-9,14-15H,5H2,1-2H3. The van der Waals surface area contributed by atoms with Crippen molar-refractivity contribution in [2.45, 2.75) is 52.4 Å². The first-order chi connectivity index (χ1) is 49.8. The first kappa shape index (κ1) is 67.8. The number of ether oxygens (including phenoxy) is 8. The Morgan fingerprint density at radius 1 is 0.301 bits per heavy atom. The van der Waals surface area contributed by atoms with E-state index in [-0.39, 0.29) is 118 Å². The highest BCUT2D eigenvalue weighted by molar-refractivity contribution is 6.34. The maximum Gasteiger partial charge on any atom is 0.238 e. The number of benzene rings is 4. The zero-order valence-corrected chi connectivity index (χ0v) is 60.6. The number of anilines is 4. The Morgan fingerprint density at radius 2 is 0.573 bits per heavy atom. The molecule has 103 heavy (non-hydrogen) atoms. The van der Waals surface area contributed by atoms with Crippen LogP contribution in [-0.2, 0) is 38.4 Å². The average Bonchev–Trinajstić information content (AvgIpc) is 1.52. The summed E-state index contributed by atoms with van der Waals surface area (Å²) in [5, 5.41) is 1.08. The van der Waals surface area contributed by atoms with Crippen LogP contribution in [0.25, 0.3) is 0 Å². The van der Waals surface area contributed by atoms with Crippen LogP contribution >= 0.6 is 34.8 Å². The van der Waals surface area contributed by atoms with Crippen LogP contribution in [0.5, 0.6) is 46.0 Å². The normalized spacial score (nSPS) is 36.7. The molecule has 24 atom stereocenters. The van der Waals surface area contributed by atoms with Gasteiger partial charge in [0.05, 0.1) is 141 Å². The van der Waals surface area contributed by atoms with Crippen LogP contribution in [0.2, 0.25) is 15.1 Å². The van der Waals surface area contributed by atoms with Gasteiger partial charge in [0.1, 0.15) is 46.0 Å². The molecule has 12 fully saturated rings. The lowest BCUT2D eigenvalue weighted by molar-refractivity contribution is -0.125. The molecule has 4 aromatic carbocycles. The van der Waals surface area contributed by atoms with E-state index in [1.54, 1.807) is 54.6 Å². The Hall–Kier alpha value is -8.33. The summed E-state index contributed by atoms with van der Waals surface area (Å²) in [5.41, 5.74) is 1.77. The van der Waals surface area contributed by atoms with Gasteiger partial charge in [-0.2, -0.15) is 0 Å². The number of hydrogen-bond donors (Lipinski definition) is 0. The van der Waals surface area contributed by atoms with Crippen molar-refractivity contribution in [2.75, 3.05) is 75.5 Å². The van der Waals surface area contributed by atoms with Crippen molar-refractivity contribution in [3.8, 4) is 46.0 Å². The fourth-order valence-corrected chi connectivity index (χ4v) is 24.0. The van der Waals surface area contributed by atoms with Gasteiger partial charge in [-0.1, -0.05) is 83.4 Å². The quantitative estimate of drug-likeness (QED) is 0.0650. The smallest absolute Gasteiger partial charge is 0.238 e. The molecule has 538 valence electrons. The van der Waals surface area contributed by atoms with E-state index in [0.29, 0.717) is 168 Å². The zero-order chi connectivity index (χ0) is 71.8. The molecule has 0 N–H and O–H groups in total. The van der Waals surface area contributed by atoms with Gasteiger partial charge in [-0.15, -0.1) is 0 Å². The second kappa shape index (κ2) is 25.5. The first-order valence-corrected chi connectivity index (χ1v) is 37.3. The molecule has 20 rings (SSSR count). The molecule has 0 spiro atoms. The van der Waals surface area contributed by atoms with Crippen molar-refractivity contribution >= 4 is 105 Å². The van der Waals surface area contributed by atoms with E-state index in [1.807, 2.05) is 13.8 Å². The van der Waals surface area contributed by atoms with Crippen molar-refractivity contribution in [1.82, 2.24) is 0 Å². The number of carbonyl (C=O) groups is 8. The van der Waals surface area contributed by atoms with Crippen LogP contribution in [0.4, 0.5) is 22.7 Å². The molecule has 16 aliphatic rings. The van der Waals surface area contributed by atoms with Gasteiger partial charge in [0.2, 0.25) is 47.3 Å². The number of allylic oxidation sites excluding steroid dienone is 8. The summed E-state index contributed by atoms with van der Waals surface area (Å²) in [6, 6.07) is 15.0. The van der Waals surface area contributed by atoms with Crippen LogP contribution in [0.15, 0.2) is 103 Å². The van der Waals surface area contributed by atoms with Gasteiger partial charge in [-0.3, -0.25) is 38.4 Å².